The summed E-state index contributed by atoms with van der Waals surface area (Å²) in [6.45, 7) is 0. The fraction of sp³-hybridized carbons (Fsp3) is 0. The Morgan fingerprint density at radius 3 is 2.65 bits per heavy atom. The van der Waals surface area contributed by atoms with Gasteiger partial charge in [-0.3, -0.25) is 10.1 Å². The zero-order chi connectivity index (χ0) is 16.6. The number of halogens is 1. The van der Waals surface area contributed by atoms with Gasteiger partial charge < -0.3 is 14.6 Å². The van der Waals surface area contributed by atoms with Gasteiger partial charge in [0, 0.05) is 17.8 Å². The summed E-state index contributed by atoms with van der Waals surface area (Å²) in [5.74, 6) is -2.79. The highest BCUT2D eigenvalue weighted by Crippen LogP contribution is 2.39. The van der Waals surface area contributed by atoms with Gasteiger partial charge in [0.05, 0.1) is 10.5 Å². The lowest BCUT2D eigenvalue weighted by atomic mass is 10.1. The van der Waals surface area contributed by atoms with E-state index in [0.717, 1.165) is 12.1 Å². The summed E-state index contributed by atoms with van der Waals surface area (Å²) in [6, 6.07) is 4.81. The lowest BCUT2D eigenvalue weighted by molar-refractivity contribution is -0.385. The second-order valence-corrected chi connectivity index (χ2v) is 4.37. The monoisotopic (exact) mass is 318 g/mol. The average molecular weight is 318 g/mol. The van der Waals surface area contributed by atoms with Gasteiger partial charge in [-0.2, -0.15) is 4.39 Å². The van der Waals surface area contributed by atoms with Crippen LogP contribution in [0.1, 0.15) is 0 Å². The number of phenols is 2. The third-order valence-corrected chi connectivity index (χ3v) is 2.93. The molecule has 2 N–H and O–H groups in total. The molecule has 0 bridgehead atoms. The summed E-state index contributed by atoms with van der Waals surface area (Å²) in [5.41, 5.74) is -0.772. The summed E-state index contributed by atoms with van der Waals surface area (Å²) < 4.78 is 18.8. The Bertz CT molecular complexity index is 911. The van der Waals surface area contributed by atoms with Crippen LogP contribution in [0.2, 0.25) is 0 Å². The summed E-state index contributed by atoms with van der Waals surface area (Å²) in [6.07, 6.45) is 1.25. The highest BCUT2D eigenvalue weighted by Gasteiger charge is 2.22. The number of pyridine rings is 1. The number of rotatable bonds is 3. The Morgan fingerprint density at radius 1 is 1.22 bits per heavy atom. The van der Waals surface area contributed by atoms with E-state index in [4.69, 9.17) is 4.42 Å². The van der Waals surface area contributed by atoms with Gasteiger partial charge in [0.15, 0.2) is 5.75 Å². The molecule has 10 heteroatoms. The van der Waals surface area contributed by atoms with Gasteiger partial charge in [-0.1, -0.05) is 0 Å². The molecule has 3 aromatic rings. The maximum atomic E-state index is 13.6. The Balaban J connectivity index is 2.08. The van der Waals surface area contributed by atoms with E-state index in [1.165, 1.54) is 18.3 Å². The molecular weight excluding hydrogens is 311 g/mol. The van der Waals surface area contributed by atoms with Crippen LogP contribution in [-0.4, -0.2) is 30.3 Å². The van der Waals surface area contributed by atoms with Gasteiger partial charge in [-0.05, 0) is 18.2 Å². The second kappa shape index (κ2) is 5.33. The predicted molar refractivity (Wildman–Crippen MR) is 72.9 cm³/mol. The van der Waals surface area contributed by atoms with E-state index in [2.05, 4.69) is 15.2 Å². The van der Waals surface area contributed by atoms with Crippen LogP contribution in [0.5, 0.6) is 11.5 Å². The van der Waals surface area contributed by atoms with E-state index in [1.807, 2.05) is 0 Å². The first-order valence-electron chi connectivity index (χ1n) is 6.12. The van der Waals surface area contributed by atoms with Crippen molar-refractivity contribution in [3.8, 4) is 34.4 Å². The van der Waals surface area contributed by atoms with Crippen molar-refractivity contribution in [1.29, 1.82) is 0 Å². The van der Waals surface area contributed by atoms with Gasteiger partial charge in [-0.15, -0.1) is 10.2 Å². The molecule has 2 aromatic heterocycles. The van der Waals surface area contributed by atoms with E-state index >= 15 is 0 Å². The molecule has 1 aromatic carbocycles. The molecule has 3 rings (SSSR count). The molecule has 23 heavy (non-hydrogen) atoms. The minimum atomic E-state index is -0.878. The van der Waals surface area contributed by atoms with Crippen LogP contribution in [0.4, 0.5) is 10.1 Å². The average Bonchev–Trinajstić information content (AvgIpc) is 2.99. The molecule has 0 amide bonds. The Labute approximate surface area is 126 Å². The van der Waals surface area contributed by atoms with Crippen LogP contribution in [0.3, 0.4) is 0 Å². The smallest absolute Gasteiger partial charge is 0.315 e. The molecule has 0 saturated heterocycles. The Morgan fingerprint density at radius 2 is 1.96 bits per heavy atom. The Kier molecular flexibility index (Phi) is 3.33. The fourth-order valence-electron chi connectivity index (χ4n) is 1.86. The molecule has 9 nitrogen and oxygen atoms in total. The van der Waals surface area contributed by atoms with Crippen LogP contribution >= 0.6 is 0 Å². The van der Waals surface area contributed by atoms with Gasteiger partial charge in [0.25, 0.3) is 5.89 Å². The molecule has 0 aliphatic carbocycles. The number of aromatic hydroxyl groups is 2. The zero-order valence-electron chi connectivity index (χ0n) is 11.2. The van der Waals surface area contributed by atoms with Crippen molar-refractivity contribution < 1.29 is 23.9 Å². The SMILES string of the molecule is O=[N+]([O-])c1cc(-c2nnc(-c3cccnc3F)o2)cc(O)c1O. The van der Waals surface area contributed by atoms with Crippen LogP contribution in [0.15, 0.2) is 34.9 Å². The van der Waals surface area contributed by atoms with Crippen molar-refractivity contribution in [2.75, 3.05) is 0 Å². The largest absolute Gasteiger partial charge is 0.504 e. The first kappa shape index (κ1) is 14.4. The predicted octanol–water partition coefficient (Wildman–Crippen LogP) is 2.26. The molecule has 0 atom stereocenters. The van der Waals surface area contributed by atoms with Gasteiger partial charge >= 0.3 is 5.69 Å². The third kappa shape index (κ3) is 2.52. The van der Waals surface area contributed by atoms with Crippen molar-refractivity contribution in [3.05, 3.63) is 46.5 Å². The molecule has 0 fully saturated rings. The van der Waals surface area contributed by atoms with Crippen molar-refractivity contribution >= 4 is 5.69 Å². The van der Waals surface area contributed by atoms with Crippen molar-refractivity contribution in [1.82, 2.24) is 15.2 Å². The van der Waals surface area contributed by atoms with Crippen LogP contribution in [-0.2, 0) is 0 Å². The summed E-state index contributed by atoms with van der Waals surface area (Å²) in [4.78, 5) is 13.4. The fourth-order valence-corrected chi connectivity index (χ4v) is 1.86. The highest BCUT2D eigenvalue weighted by atomic mass is 19.1. The molecule has 0 aliphatic heterocycles. The summed E-state index contributed by atoms with van der Waals surface area (Å²) >= 11 is 0. The van der Waals surface area contributed by atoms with Gasteiger partial charge in [0.2, 0.25) is 17.6 Å². The maximum Gasteiger partial charge on any atom is 0.315 e. The lowest BCUT2D eigenvalue weighted by Crippen LogP contribution is -1.90. The van der Waals surface area contributed by atoms with Crippen molar-refractivity contribution in [3.63, 3.8) is 0 Å². The van der Waals surface area contributed by atoms with Crippen molar-refractivity contribution in [2.45, 2.75) is 0 Å². The minimum absolute atomic E-state index is 0.00458. The number of nitro benzene ring substituents is 1. The lowest BCUT2D eigenvalue weighted by Gasteiger charge is -2.01. The molecular formula is C13H7FN4O5. The number of nitro groups is 1. The van der Waals surface area contributed by atoms with E-state index in [-0.39, 0.29) is 22.9 Å². The first-order valence-corrected chi connectivity index (χ1v) is 6.12. The number of aromatic nitrogens is 3. The van der Waals surface area contributed by atoms with E-state index in [1.54, 1.807) is 0 Å². The van der Waals surface area contributed by atoms with E-state index in [9.17, 15) is 24.7 Å². The van der Waals surface area contributed by atoms with Crippen LogP contribution < -0.4 is 0 Å². The molecule has 0 aliphatic rings. The maximum absolute atomic E-state index is 13.6. The summed E-state index contributed by atoms with van der Waals surface area (Å²) in [5, 5.41) is 37.1. The number of hydrogen-bond acceptors (Lipinski definition) is 8. The number of hydrogen-bond donors (Lipinski definition) is 2. The quantitative estimate of drug-likeness (QED) is 0.325. The topological polar surface area (TPSA) is 135 Å². The molecule has 2 heterocycles. The standard InChI is InChI=1S/C13H7FN4O5/c14-11-7(2-1-3-15-11)13-17-16-12(23-13)6-4-8(18(21)22)10(20)9(19)5-6/h1-5,19-20H. The Hall–Kier alpha value is -3.56. The highest BCUT2D eigenvalue weighted by molar-refractivity contribution is 5.68. The molecule has 0 radical (unpaired) electrons. The molecule has 0 unspecified atom stereocenters. The van der Waals surface area contributed by atoms with Gasteiger partial charge in [-0.25, -0.2) is 4.98 Å². The van der Waals surface area contributed by atoms with E-state index in [0.29, 0.717) is 0 Å². The van der Waals surface area contributed by atoms with Crippen LogP contribution in [0.25, 0.3) is 22.9 Å². The van der Waals surface area contributed by atoms with Crippen molar-refractivity contribution in [2.24, 2.45) is 0 Å². The molecule has 0 spiro atoms. The minimum Gasteiger partial charge on any atom is -0.504 e. The van der Waals surface area contributed by atoms with Crippen LogP contribution in [0, 0.1) is 16.1 Å². The first-order chi connectivity index (χ1) is 11.0. The zero-order valence-corrected chi connectivity index (χ0v) is 11.2. The number of nitrogens with zero attached hydrogens (tertiary/aromatic N) is 4. The molecule has 0 saturated carbocycles. The third-order valence-electron chi connectivity index (χ3n) is 2.93. The van der Waals surface area contributed by atoms with E-state index < -0.39 is 28.1 Å². The normalized spacial score (nSPS) is 10.7. The van der Waals surface area contributed by atoms with Gasteiger partial charge in [0.1, 0.15) is 0 Å². The summed E-state index contributed by atoms with van der Waals surface area (Å²) in [7, 11) is 0. The second-order valence-electron chi connectivity index (χ2n) is 4.37. The molecule has 116 valence electrons. The number of benzene rings is 1. The number of phenolic OH excluding ortho intramolecular Hbond substituents is 2.